The molecule has 0 bridgehead atoms. The Kier molecular flexibility index (Phi) is 5.19. The monoisotopic (exact) mass is 269 g/mol. The summed E-state index contributed by atoms with van der Waals surface area (Å²) in [6.07, 6.45) is 2.04. The van der Waals surface area contributed by atoms with Crippen LogP contribution in [-0.4, -0.2) is 6.04 Å². The quantitative estimate of drug-likeness (QED) is 0.864. The van der Waals surface area contributed by atoms with Crippen LogP contribution >= 0.6 is 0 Å². The Morgan fingerprint density at radius 3 is 2.15 bits per heavy atom. The Bertz CT molecular complexity index is 514. The highest BCUT2D eigenvalue weighted by atomic mass is 16.5. The van der Waals surface area contributed by atoms with E-state index in [0.29, 0.717) is 6.61 Å². The Morgan fingerprint density at radius 1 is 0.950 bits per heavy atom. The second kappa shape index (κ2) is 7.11. The summed E-state index contributed by atoms with van der Waals surface area (Å²) in [5, 5.41) is 0. The maximum atomic E-state index is 5.79. The van der Waals surface area contributed by atoms with E-state index in [2.05, 4.69) is 43.3 Å². The van der Waals surface area contributed by atoms with Crippen molar-refractivity contribution in [3.8, 4) is 5.75 Å². The Morgan fingerprint density at radius 2 is 1.55 bits per heavy atom. The molecule has 106 valence electrons. The van der Waals surface area contributed by atoms with Gasteiger partial charge in [0.1, 0.15) is 12.4 Å². The molecule has 2 rings (SSSR count). The van der Waals surface area contributed by atoms with Crippen LogP contribution in [0, 0.1) is 6.92 Å². The zero-order valence-corrected chi connectivity index (χ0v) is 12.3. The van der Waals surface area contributed by atoms with Gasteiger partial charge in [0.2, 0.25) is 0 Å². The predicted octanol–water partition coefficient (Wildman–Crippen LogP) is 3.85. The molecular weight excluding hydrogens is 246 g/mol. The molecule has 0 amide bonds. The van der Waals surface area contributed by atoms with Crippen LogP contribution in [0.25, 0.3) is 0 Å². The van der Waals surface area contributed by atoms with E-state index in [1.165, 1.54) is 16.7 Å². The maximum Gasteiger partial charge on any atom is 0.119 e. The van der Waals surface area contributed by atoms with Gasteiger partial charge in [-0.1, -0.05) is 42.0 Å². The van der Waals surface area contributed by atoms with Gasteiger partial charge in [-0.15, -0.1) is 0 Å². The van der Waals surface area contributed by atoms with Gasteiger partial charge >= 0.3 is 0 Å². The van der Waals surface area contributed by atoms with Crippen molar-refractivity contribution in [1.82, 2.24) is 0 Å². The minimum absolute atomic E-state index is 0.257. The molecule has 2 aromatic rings. The molecule has 20 heavy (non-hydrogen) atoms. The Hall–Kier alpha value is -1.80. The molecule has 2 N–H and O–H groups in total. The van der Waals surface area contributed by atoms with Crippen molar-refractivity contribution in [2.75, 3.05) is 0 Å². The van der Waals surface area contributed by atoms with Gasteiger partial charge in [-0.3, -0.25) is 0 Å². The number of ether oxygens (including phenoxy) is 1. The molecule has 0 radical (unpaired) electrons. The van der Waals surface area contributed by atoms with Gasteiger partial charge in [-0.2, -0.15) is 0 Å². The number of hydrogen-bond acceptors (Lipinski definition) is 2. The highest BCUT2D eigenvalue weighted by Crippen LogP contribution is 2.15. The average molecular weight is 269 g/mol. The van der Waals surface area contributed by atoms with Crippen molar-refractivity contribution in [1.29, 1.82) is 0 Å². The van der Waals surface area contributed by atoms with Gasteiger partial charge in [0.15, 0.2) is 0 Å². The number of rotatable bonds is 6. The van der Waals surface area contributed by atoms with E-state index in [-0.39, 0.29) is 6.04 Å². The summed E-state index contributed by atoms with van der Waals surface area (Å²) in [5.41, 5.74) is 9.54. The third kappa shape index (κ3) is 4.71. The van der Waals surface area contributed by atoms with Crippen molar-refractivity contribution in [3.05, 3.63) is 65.2 Å². The van der Waals surface area contributed by atoms with Crippen LogP contribution in [0.3, 0.4) is 0 Å². The molecule has 0 aliphatic rings. The minimum Gasteiger partial charge on any atom is -0.489 e. The molecule has 0 heterocycles. The van der Waals surface area contributed by atoms with Crippen LogP contribution < -0.4 is 10.5 Å². The van der Waals surface area contributed by atoms with Crippen LogP contribution in [0.5, 0.6) is 5.75 Å². The molecule has 0 saturated carbocycles. The lowest BCUT2D eigenvalue weighted by Crippen LogP contribution is -2.15. The van der Waals surface area contributed by atoms with Crippen LogP contribution in [-0.2, 0) is 13.0 Å². The molecule has 1 atom stereocenters. The zero-order valence-electron chi connectivity index (χ0n) is 12.3. The largest absolute Gasteiger partial charge is 0.489 e. The molecule has 2 heteroatoms. The molecule has 0 fully saturated rings. The molecule has 0 saturated heterocycles. The fourth-order valence-corrected chi connectivity index (χ4v) is 2.00. The first-order chi connectivity index (χ1) is 9.63. The molecule has 1 unspecified atom stereocenters. The summed E-state index contributed by atoms with van der Waals surface area (Å²) in [4.78, 5) is 0. The smallest absolute Gasteiger partial charge is 0.119 e. The van der Waals surface area contributed by atoms with E-state index in [0.717, 1.165) is 18.6 Å². The minimum atomic E-state index is 0.257. The highest BCUT2D eigenvalue weighted by molar-refractivity contribution is 5.28. The fourth-order valence-electron chi connectivity index (χ4n) is 2.00. The van der Waals surface area contributed by atoms with E-state index >= 15 is 0 Å². The van der Waals surface area contributed by atoms with E-state index in [1.807, 2.05) is 19.1 Å². The number of benzene rings is 2. The van der Waals surface area contributed by atoms with E-state index in [1.54, 1.807) is 0 Å². The first kappa shape index (κ1) is 14.6. The Labute approximate surface area is 121 Å². The number of nitrogens with two attached hydrogens (primary N) is 1. The second-order valence-electron chi connectivity index (χ2n) is 5.43. The summed E-state index contributed by atoms with van der Waals surface area (Å²) in [6.45, 7) is 4.74. The average Bonchev–Trinajstić information content (AvgIpc) is 2.45. The SMILES string of the molecule is Cc1ccc(COc2ccc(CCC(C)N)cc2)cc1. The molecule has 0 aliphatic carbocycles. The summed E-state index contributed by atoms with van der Waals surface area (Å²) in [5.74, 6) is 0.912. The molecule has 2 nitrogen and oxygen atoms in total. The lowest BCUT2D eigenvalue weighted by molar-refractivity contribution is 0.306. The lowest BCUT2D eigenvalue weighted by Gasteiger charge is -2.08. The molecule has 0 spiro atoms. The summed E-state index contributed by atoms with van der Waals surface area (Å²) in [7, 11) is 0. The van der Waals surface area contributed by atoms with Gasteiger partial charge in [0.25, 0.3) is 0 Å². The number of aryl methyl sites for hydroxylation is 2. The van der Waals surface area contributed by atoms with Crippen molar-refractivity contribution >= 4 is 0 Å². The predicted molar refractivity (Wildman–Crippen MR) is 83.9 cm³/mol. The zero-order chi connectivity index (χ0) is 14.4. The first-order valence-corrected chi connectivity index (χ1v) is 7.16. The maximum absolute atomic E-state index is 5.79. The number of hydrogen-bond donors (Lipinski definition) is 1. The third-order valence-corrected chi connectivity index (χ3v) is 3.34. The molecule has 2 aromatic carbocycles. The lowest BCUT2D eigenvalue weighted by atomic mass is 10.1. The Balaban J connectivity index is 1.85. The van der Waals surface area contributed by atoms with E-state index in [9.17, 15) is 0 Å². The van der Waals surface area contributed by atoms with Crippen LogP contribution in [0.15, 0.2) is 48.5 Å². The normalized spacial score (nSPS) is 12.2. The summed E-state index contributed by atoms with van der Waals surface area (Å²) >= 11 is 0. The molecule has 0 aliphatic heterocycles. The van der Waals surface area contributed by atoms with Gasteiger partial charge in [0.05, 0.1) is 0 Å². The standard InChI is InChI=1S/C18H23NO/c1-14-3-6-17(7-4-14)13-20-18-11-9-16(10-12-18)8-5-15(2)19/h3-4,6-7,9-12,15H,5,8,13,19H2,1-2H3. The van der Waals surface area contributed by atoms with Gasteiger partial charge in [-0.25, -0.2) is 0 Å². The van der Waals surface area contributed by atoms with Gasteiger partial charge < -0.3 is 10.5 Å². The summed E-state index contributed by atoms with van der Waals surface area (Å²) in [6, 6.07) is 17.0. The first-order valence-electron chi connectivity index (χ1n) is 7.16. The topological polar surface area (TPSA) is 35.2 Å². The highest BCUT2D eigenvalue weighted by Gasteiger charge is 1.99. The van der Waals surface area contributed by atoms with Crippen molar-refractivity contribution in [3.63, 3.8) is 0 Å². The molecular formula is C18H23NO. The van der Waals surface area contributed by atoms with Crippen LogP contribution in [0.1, 0.15) is 30.0 Å². The fraction of sp³-hybridized carbons (Fsp3) is 0.333. The summed E-state index contributed by atoms with van der Waals surface area (Å²) < 4.78 is 5.79. The van der Waals surface area contributed by atoms with E-state index < -0.39 is 0 Å². The van der Waals surface area contributed by atoms with Crippen LogP contribution in [0.2, 0.25) is 0 Å². The molecule has 0 aromatic heterocycles. The van der Waals surface area contributed by atoms with Crippen molar-refractivity contribution < 1.29 is 4.74 Å². The second-order valence-corrected chi connectivity index (χ2v) is 5.43. The van der Waals surface area contributed by atoms with Gasteiger partial charge in [-0.05, 0) is 49.9 Å². The van der Waals surface area contributed by atoms with Crippen LogP contribution in [0.4, 0.5) is 0 Å². The third-order valence-electron chi connectivity index (χ3n) is 3.34. The van der Waals surface area contributed by atoms with Gasteiger partial charge in [0, 0.05) is 6.04 Å². The van der Waals surface area contributed by atoms with Crippen molar-refractivity contribution in [2.24, 2.45) is 5.73 Å². The van der Waals surface area contributed by atoms with Crippen molar-refractivity contribution in [2.45, 2.75) is 39.3 Å². The van der Waals surface area contributed by atoms with E-state index in [4.69, 9.17) is 10.5 Å².